The highest BCUT2D eigenvalue weighted by atomic mass is 16.5. The quantitative estimate of drug-likeness (QED) is 0.716. The van der Waals surface area contributed by atoms with E-state index in [9.17, 15) is 9.59 Å². The van der Waals surface area contributed by atoms with Gasteiger partial charge in [-0.25, -0.2) is 4.79 Å². The Morgan fingerprint density at radius 1 is 1.43 bits per heavy atom. The number of carbonyl (C=O) groups is 2. The second kappa shape index (κ2) is 6.62. The maximum atomic E-state index is 12.2. The van der Waals surface area contributed by atoms with Crippen LogP contribution in [0.15, 0.2) is 0 Å². The fraction of sp³-hybridized carbons (Fsp3) is 0.857. The van der Waals surface area contributed by atoms with Gasteiger partial charge in [0.05, 0.1) is 19.3 Å². The average molecular weight is 300 g/mol. The molecular weight excluding hydrogens is 276 g/mol. The van der Waals surface area contributed by atoms with Gasteiger partial charge in [0.1, 0.15) is 5.92 Å². The molecule has 2 aliphatic rings. The van der Waals surface area contributed by atoms with Crippen molar-refractivity contribution in [3.05, 3.63) is 0 Å². The van der Waals surface area contributed by atoms with Crippen molar-refractivity contribution in [2.45, 2.75) is 25.3 Å². The van der Waals surface area contributed by atoms with E-state index in [0.29, 0.717) is 13.2 Å². The van der Waals surface area contributed by atoms with Crippen LogP contribution in [0.3, 0.4) is 0 Å². The van der Waals surface area contributed by atoms with Crippen molar-refractivity contribution in [1.29, 1.82) is 0 Å². The molecule has 2 fully saturated rings. The van der Waals surface area contributed by atoms with Gasteiger partial charge in [0.15, 0.2) is 0 Å². The molecule has 2 amide bonds. The molecule has 1 aliphatic carbocycles. The van der Waals surface area contributed by atoms with E-state index in [1.54, 1.807) is 14.2 Å². The van der Waals surface area contributed by atoms with Crippen LogP contribution in [0.25, 0.3) is 0 Å². The molecule has 1 saturated heterocycles. The number of carboxylic acids is 1. The molecule has 1 heterocycles. The summed E-state index contributed by atoms with van der Waals surface area (Å²) in [6, 6.07) is -0.642. The average Bonchev–Trinajstić information content (AvgIpc) is 3.06. The molecule has 2 rings (SSSR count). The molecule has 2 unspecified atom stereocenters. The molecule has 0 radical (unpaired) electrons. The van der Waals surface area contributed by atoms with Crippen LogP contribution in [-0.2, 0) is 14.3 Å². The van der Waals surface area contributed by atoms with Crippen LogP contribution in [0.5, 0.6) is 0 Å². The van der Waals surface area contributed by atoms with Gasteiger partial charge in [0, 0.05) is 27.3 Å². The van der Waals surface area contributed by atoms with Crippen LogP contribution in [0.2, 0.25) is 0 Å². The first-order valence-electron chi connectivity index (χ1n) is 7.29. The van der Waals surface area contributed by atoms with Crippen LogP contribution in [0.4, 0.5) is 4.79 Å². The fourth-order valence-corrected chi connectivity index (χ4v) is 2.71. The van der Waals surface area contributed by atoms with E-state index >= 15 is 0 Å². The van der Waals surface area contributed by atoms with Crippen molar-refractivity contribution in [2.24, 2.45) is 11.3 Å². The maximum Gasteiger partial charge on any atom is 0.317 e. The molecule has 2 N–H and O–H groups in total. The number of nitrogens with zero attached hydrogens (tertiary/aromatic N) is 1. The second-order valence-electron chi connectivity index (χ2n) is 6.06. The molecule has 1 saturated carbocycles. The summed E-state index contributed by atoms with van der Waals surface area (Å²) >= 11 is 0. The van der Waals surface area contributed by atoms with Gasteiger partial charge in [-0.05, 0) is 24.7 Å². The number of carbonyl (C=O) groups excluding carboxylic acids is 1. The summed E-state index contributed by atoms with van der Waals surface area (Å²) in [5, 5.41) is 12.0. The minimum Gasteiger partial charge on any atom is -0.481 e. The summed E-state index contributed by atoms with van der Waals surface area (Å²) in [7, 11) is 3.30. The molecule has 0 spiro atoms. The largest absolute Gasteiger partial charge is 0.481 e. The number of amides is 2. The van der Waals surface area contributed by atoms with Crippen LogP contribution < -0.4 is 5.32 Å². The summed E-state index contributed by atoms with van der Waals surface area (Å²) in [5.41, 5.74) is 0.172. The number of rotatable bonds is 7. The first-order valence-corrected chi connectivity index (χ1v) is 7.29. The smallest absolute Gasteiger partial charge is 0.317 e. The van der Waals surface area contributed by atoms with E-state index in [1.165, 1.54) is 4.90 Å². The van der Waals surface area contributed by atoms with Crippen molar-refractivity contribution in [3.8, 4) is 0 Å². The van der Waals surface area contributed by atoms with Gasteiger partial charge in [-0.15, -0.1) is 0 Å². The van der Waals surface area contributed by atoms with Crippen LogP contribution in [0.1, 0.15) is 19.3 Å². The summed E-state index contributed by atoms with van der Waals surface area (Å²) in [5.74, 6) is -1.57. The molecule has 0 aromatic rings. The summed E-state index contributed by atoms with van der Waals surface area (Å²) in [4.78, 5) is 24.8. The highest BCUT2D eigenvalue weighted by Gasteiger charge is 2.43. The van der Waals surface area contributed by atoms with E-state index in [-0.39, 0.29) is 24.7 Å². The number of urea groups is 1. The van der Waals surface area contributed by atoms with Crippen molar-refractivity contribution >= 4 is 12.0 Å². The molecule has 7 heteroatoms. The summed E-state index contributed by atoms with van der Waals surface area (Å²) < 4.78 is 10.3. The summed E-state index contributed by atoms with van der Waals surface area (Å²) in [6.07, 6.45) is 3.15. The summed E-state index contributed by atoms with van der Waals surface area (Å²) in [6.45, 7) is 1.75. The zero-order valence-electron chi connectivity index (χ0n) is 12.6. The topological polar surface area (TPSA) is 88.1 Å². The van der Waals surface area contributed by atoms with E-state index in [0.717, 1.165) is 19.3 Å². The first-order chi connectivity index (χ1) is 9.99. The Morgan fingerprint density at radius 2 is 2.14 bits per heavy atom. The number of carboxylic acid groups (broad SMARTS) is 1. The predicted molar refractivity (Wildman–Crippen MR) is 75.1 cm³/mol. The molecule has 21 heavy (non-hydrogen) atoms. The van der Waals surface area contributed by atoms with Gasteiger partial charge in [-0.3, -0.25) is 4.79 Å². The van der Waals surface area contributed by atoms with E-state index in [4.69, 9.17) is 14.6 Å². The lowest BCUT2D eigenvalue weighted by Gasteiger charge is -2.27. The van der Waals surface area contributed by atoms with Crippen LogP contribution in [0, 0.1) is 11.3 Å². The Labute approximate surface area is 124 Å². The molecule has 0 aromatic carbocycles. The number of likely N-dealkylation sites (N-methyl/N-ethyl adjacent to an activating group) is 1. The van der Waals surface area contributed by atoms with Crippen LogP contribution >= 0.6 is 0 Å². The van der Waals surface area contributed by atoms with Crippen molar-refractivity contribution in [3.63, 3.8) is 0 Å². The van der Waals surface area contributed by atoms with Crippen molar-refractivity contribution in [2.75, 3.05) is 40.5 Å². The highest BCUT2D eigenvalue weighted by Crippen LogP contribution is 2.48. The molecule has 0 aromatic heterocycles. The SMILES string of the molecule is COCCC1(CNC(=O)N(C)C2COCC2C(=O)O)CC1. The second-order valence-corrected chi connectivity index (χ2v) is 6.06. The maximum absolute atomic E-state index is 12.2. The number of ether oxygens (including phenoxy) is 2. The molecule has 120 valence electrons. The monoisotopic (exact) mass is 300 g/mol. The normalized spacial score (nSPS) is 26.4. The van der Waals surface area contributed by atoms with E-state index in [1.807, 2.05) is 0 Å². The standard InChI is InChI=1S/C14H24N2O5/c1-16(11-8-21-7-10(11)12(17)18)13(19)15-9-14(3-4-14)5-6-20-2/h10-11H,3-9H2,1-2H3,(H,15,19)(H,17,18). The predicted octanol–water partition coefficient (Wildman–Crippen LogP) is 0.544. The van der Waals surface area contributed by atoms with Crippen LogP contribution in [-0.4, -0.2) is 68.6 Å². The molecular formula is C14H24N2O5. The lowest BCUT2D eigenvalue weighted by atomic mass is 10.0. The number of aliphatic carboxylic acids is 1. The zero-order valence-corrected chi connectivity index (χ0v) is 12.6. The highest BCUT2D eigenvalue weighted by molar-refractivity contribution is 5.77. The Balaban J connectivity index is 1.81. The number of methoxy groups -OCH3 is 1. The third kappa shape index (κ3) is 3.85. The number of nitrogens with one attached hydrogen (secondary N) is 1. The van der Waals surface area contributed by atoms with Gasteiger partial charge in [0.2, 0.25) is 0 Å². The lowest BCUT2D eigenvalue weighted by molar-refractivity contribution is -0.142. The third-order valence-corrected chi connectivity index (χ3v) is 4.59. The Hall–Kier alpha value is -1.34. The van der Waals surface area contributed by atoms with Gasteiger partial charge < -0.3 is 24.8 Å². The van der Waals surface area contributed by atoms with Crippen molar-refractivity contribution in [1.82, 2.24) is 10.2 Å². The number of hydrogen-bond acceptors (Lipinski definition) is 4. The Bertz CT molecular complexity index is 397. The van der Waals surface area contributed by atoms with Gasteiger partial charge in [0.25, 0.3) is 0 Å². The van der Waals surface area contributed by atoms with E-state index < -0.39 is 17.9 Å². The Kier molecular flexibility index (Phi) is 5.05. The van der Waals surface area contributed by atoms with Gasteiger partial charge in [-0.1, -0.05) is 0 Å². The molecule has 0 bridgehead atoms. The zero-order chi connectivity index (χ0) is 15.5. The van der Waals surface area contributed by atoms with Gasteiger partial charge >= 0.3 is 12.0 Å². The fourth-order valence-electron chi connectivity index (χ4n) is 2.71. The lowest BCUT2D eigenvalue weighted by Crippen LogP contribution is -2.49. The first kappa shape index (κ1) is 16.0. The van der Waals surface area contributed by atoms with E-state index in [2.05, 4.69) is 5.32 Å². The Morgan fingerprint density at radius 3 is 2.71 bits per heavy atom. The molecule has 7 nitrogen and oxygen atoms in total. The number of hydrogen-bond donors (Lipinski definition) is 2. The minimum atomic E-state index is -0.920. The molecule has 1 aliphatic heterocycles. The molecule has 2 atom stereocenters. The third-order valence-electron chi connectivity index (χ3n) is 4.59. The van der Waals surface area contributed by atoms with Crippen molar-refractivity contribution < 1.29 is 24.2 Å². The minimum absolute atomic E-state index is 0.162. The van der Waals surface area contributed by atoms with Gasteiger partial charge in [-0.2, -0.15) is 0 Å².